The molecular formula is C19H16N2O4. The van der Waals surface area contributed by atoms with Gasteiger partial charge in [0.2, 0.25) is 0 Å². The maximum Gasteiger partial charge on any atom is 0.358 e. The molecule has 6 nitrogen and oxygen atoms in total. The quantitative estimate of drug-likeness (QED) is 0.682. The van der Waals surface area contributed by atoms with E-state index in [1.165, 1.54) is 20.3 Å². The van der Waals surface area contributed by atoms with Gasteiger partial charge in [-0.15, -0.1) is 10.2 Å². The molecule has 0 atom stereocenters. The van der Waals surface area contributed by atoms with E-state index in [-0.39, 0.29) is 11.4 Å². The van der Waals surface area contributed by atoms with Gasteiger partial charge in [0.05, 0.1) is 14.2 Å². The Bertz CT molecular complexity index is 948. The summed E-state index contributed by atoms with van der Waals surface area (Å²) in [5.41, 5.74) is 1.69. The van der Waals surface area contributed by atoms with Crippen LogP contribution in [-0.4, -0.2) is 36.4 Å². The summed E-state index contributed by atoms with van der Waals surface area (Å²) in [5.74, 6) is -1.21. The van der Waals surface area contributed by atoms with Gasteiger partial charge in [0.15, 0.2) is 11.4 Å². The van der Waals surface area contributed by atoms with Gasteiger partial charge in [-0.05, 0) is 28.0 Å². The predicted octanol–water partition coefficient (Wildman–Crippen LogP) is 2.79. The zero-order chi connectivity index (χ0) is 17.8. The summed E-state index contributed by atoms with van der Waals surface area (Å²) in [6, 6.07) is 15.4. The van der Waals surface area contributed by atoms with Crippen LogP contribution in [0.15, 0.2) is 48.5 Å². The van der Waals surface area contributed by atoms with E-state index in [1.54, 1.807) is 0 Å². The van der Waals surface area contributed by atoms with E-state index in [9.17, 15) is 9.59 Å². The fraction of sp³-hybridized carbons (Fsp3) is 0.158. The number of rotatable bonds is 4. The molecule has 0 spiro atoms. The van der Waals surface area contributed by atoms with Gasteiger partial charge in [0.1, 0.15) is 0 Å². The molecule has 0 N–H and O–H groups in total. The minimum absolute atomic E-state index is 0.0467. The largest absolute Gasteiger partial charge is 0.464 e. The van der Waals surface area contributed by atoms with Crippen LogP contribution in [0.1, 0.15) is 32.1 Å². The Morgan fingerprint density at radius 1 is 0.880 bits per heavy atom. The minimum atomic E-state index is -0.608. The van der Waals surface area contributed by atoms with Crippen LogP contribution < -0.4 is 0 Å². The van der Waals surface area contributed by atoms with Crippen molar-refractivity contribution in [1.29, 1.82) is 0 Å². The lowest BCUT2D eigenvalue weighted by Gasteiger charge is -2.10. The number of hydrogen-bond acceptors (Lipinski definition) is 6. The summed E-state index contributed by atoms with van der Waals surface area (Å²) in [6.07, 6.45) is 0.408. The average Bonchev–Trinajstić information content (AvgIpc) is 2.67. The Kier molecular flexibility index (Phi) is 4.70. The number of aromatic nitrogens is 2. The molecule has 0 saturated carbocycles. The maximum atomic E-state index is 12.0. The lowest BCUT2D eigenvalue weighted by atomic mass is 9.97. The van der Waals surface area contributed by atoms with Gasteiger partial charge < -0.3 is 9.47 Å². The van der Waals surface area contributed by atoms with Crippen molar-refractivity contribution in [2.75, 3.05) is 14.2 Å². The number of ether oxygens (including phenoxy) is 2. The monoisotopic (exact) mass is 336 g/mol. The summed E-state index contributed by atoms with van der Waals surface area (Å²) in [5, 5.41) is 9.79. The third-order valence-electron chi connectivity index (χ3n) is 3.91. The topological polar surface area (TPSA) is 78.4 Å². The van der Waals surface area contributed by atoms with E-state index < -0.39 is 11.9 Å². The van der Waals surface area contributed by atoms with Crippen LogP contribution in [0.3, 0.4) is 0 Å². The average molecular weight is 336 g/mol. The molecule has 0 aliphatic carbocycles. The van der Waals surface area contributed by atoms with Crippen molar-refractivity contribution in [1.82, 2.24) is 10.2 Å². The highest BCUT2D eigenvalue weighted by Gasteiger charge is 2.19. The minimum Gasteiger partial charge on any atom is -0.464 e. The normalized spacial score (nSPS) is 10.5. The summed E-state index contributed by atoms with van der Waals surface area (Å²) in [7, 11) is 2.54. The third-order valence-corrected chi connectivity index (χ3v) is 3.91. The number of esters is 2. The van der Waals surface area contributed by atoms with E-state index >= 15 is 0 Å². The van der Waals surface area contributed by atoms with Crippen molar-refractivity contribution in [3.63, 3.8) is 0 Å². The first-order valence-electron chi connectivity index (χ1n) is 7.64. The molecule has 0 aliphatic heterocycles. The van der Waals surface area contributed by atoms with Crippen LogP contribution >= 0.6 is 0 Å². The Balaban J connectivity index is 2.10. The Labute approximate surface area is 144 Å². The molecule has 2 aromatic carbocycles. The smallest absolute Gasteiger partial charge is 0.358 e. The van der Waals surface area contributed by atoms with Crippen molar-refractivity contribution in [3.05, 3.63) is 71.0 Å². The van der Waals surface area contributed by atoms with E-state index in [2.05, 4.69) is 14.9 Å². The second-order valence-electron chi connectivity index (χ2n) is 5.40. The molecule has 3 rings (SSSR count). The molecule has 25 heavy (non-hydrogen) atoms. The summed E-state index contributed by atoms with van der Waals surface area (Å²) >= 11 is 0. The van der Waals surface area contributed by atoms with Crippen molar-refractivity contribution in [3.8, 4) is 0 Å². The Morgan fingerprint density at radius 3 is 2.36 bits per heavy atom. The van der Waals surface area contributed by atoms with E-state index in [0.717, 1.165) is 16.3 Å². The maximum absolute atomic E-state index is 12.0. The molecule has 0 amide bonds. The molecule has 0 radical (unpaired) electrons. The first-order chi connectivity index (χ1) is 12.1. The molecule has 3 aromatic rings. The number of carbonyl (C=O) groups excluding carboxylic acids is 2. The lowest BCUT2D eigenvalue weighted by Crippen LogP contribution is -2.14. The second-order valence-corrected chi connectivity index (χ2v) is 5.40. The van der Waals surface area contributed by atoms with Crippen LogP contribution in [-0.2, 0) is 15.9 Å². The molecule has 0 bridgehead atoms. The highest BCUT2D eigenvalue weighted by Crippen LogP contribution is 2.23. The summed E-state index contributed by atoms with van der Waals surface area (Å²) < 4.78 is 9.45. The van der Waals surface area contributed by atoms with Crippen molar-refractivity contribution < 1.29 is 19.1 Å². The number of methoxy groups -OCH3 is 2. The molecule has 126 valence electrons. The Morgan fingerprint density at radius 2 is 1.60 bits per heavy atom. The molecule has 6 heteroatoms. The number of benzene rings is 2. The van der Waals surface area contributed by atoms with Crippen LogP contribution in [0.25, 0.3) is 10.8 Å². The van der Waals surface area contributed by atoms with Crippen molar-refractivity contribution in [2.24, 2.45) is 0 Å². The molecule has 0 aliphatic rings. The summed E-state index contributed by atoms with van der Waals surface area (Å²) in [6.45, 7) is 0. The number of fused-ring (bicyclic) bond motifs is 1. The number of carbonyl (C=O) groups is 2. The van der Waals surface area contributed by atoms with Gasteiger partial charge in [-0.2, -0.15) is 0 Å². The van der Waals surface area contributed by atoms with Crippen LogP contribution in [0, 0.1) is 0 Å². The number of nitrogens with zero attached hydrogens (tertiary/aromatic N) is 2. The van der Waals surface area contributed by atoms with Gasteiger partial charge in [-0.1, -0.05) is 42.5 Å². The first kappa shape index (κ1) is 16.6. The van der Waals surface area contributed by atoms with Gasteiger partial charge in [0, 0.05) is 6.42 Å². The standard InChI is InChI=1S/C19H16N2O4/c1-24-18(22)16-11-14(17(21-20-16)19(23)25-2)10-13-8-5-7-12-6-3-4-9-15(12)13/h3-9,11H,10H2,1-2H3. The highest BCUT2D eigenvalue weighted by atomic mass is 16.5. The second kappa shape index (κ2) is 7.09. The van der Waals surface area contributed by atoms with E-state index in [4.69, 9.17) is 4.74 Å². The summed E-state index contributed by atoms with van der Waals surface area (Å²) in [4.78, 5) is 23.7. The molecule has 0 fully saturated rings. The van der Waals surface area contributed by atoms with Crippen molar-refractivity contribution >= 4 is 22.7 Å². The first-order valence-corrected chi connectivity index (χ1v) is 7.64. The Hall–Kier alpha value is -3.28. The van der Waals surface area contributed by atoms with Gasteiger partial charge >= 0.3 is 11.9 Å². The fourth-order valence-corrected chi connectivity index (χ4v) is 2.69. The van der Waals surface area contributed by atoms with E-state index in [1.807, 2.05) is 42.5 Å². The van der Waals surface area contributed by atoms with Gasteiger partial charge in [-0.3, -0.25) is 0 Å². The highest BCUT2D eigenvalue weighted by molar-refractivity contribution is 5.92. The predicted molar refractivity (Wildman–Crippen MR) is 91.5 cm³/mol. The molecule has 0 unspecified atom stereocenters. The fourth-order valence-electron chi connectivity index (χ4n) is 2.69. The molecular weight excluding hydrogens is 320 g/mol. The lowest BCUT2D eigenvalue weighted by molar-refractivity contribution is 0.0572. The molecule has 0 saturated heterocycles. The molecule has 1 aromatic heterocycles. The third kappa shape index (κ3) is 3.33. The van der Waals surface area contributed by atoms with Crippen LogP contribution in [0.2, 0.25) is 0 Å². The van der Waals surface area contributed by atoms with Crippen LogP contribution in [0.4, 0.5) is 0 Å². The van der Waals surface area contributed by atoms with Crippen LogP contribution in [0.5, 0.6) is 0 Å². The van der Waals surface area contributed by atoms with Crippen molar-refractivity contribution in [2.45, 2.75) is 6.42 Å². The zero-order valence-electron chi connectivity index (χ0n) is 13.9. The SMILES string of the molecule is COC(=O)c1cc(Cc2cccc3ccccc23)c(C(=O)OC)nn1. The zero-order valence-corrected chi connectivity index (χ0v) is 13.9. The molecule has 1 heterocycles. The van der Waals surface area contributed by atoms with E-state index in [0.29, 0.717) is 12.0 Å². The van der Waals surface area contributed by atoms with Gasteiger partial charge in [-0.25, -0.2) is 9.59 Å². The van der Waals surface area contributed by atoms with Gasteiger partial charge in [0.25, 0.3) is 0 Å². The number of hydrogen-bond donors (Lipinski definition) is 0.